The fraction of sp³-hybridized carbons (Fsp3) is 0.625. The summed E-state index contributed by atoms with van der Waals surface area (Å²) in [5, 5.41) is 16.2. The van der Waals surface area contributed by atoms with Crippen molar-refractivity contribution in [1.29, 1.82) is 0 Å². The predicted molar refractivity (Wildman–Crippen MR) is 46.3 cm³/mol. The van der Waals surface area contributed by atoms with Gasteiger partial charge in [-0.3, -0.25) is 9.48 Å². The largest absolute Gasteiger partial charge is 0.481 e. The molecular weight excluding hydrogens is 170 g/mol. The van der Waals surface area contributed by atoms with Gasteiger partial charge in [-0.05, 0) is 0 Å². The standard InChI is InChI=1S/C8H13N3O2/c1-8(2,4-7(12)13)6-5-9-10-11(6)3/h5H,4H2,1-3H3,(H,12,13). The first-order chi connectivity index (χ1) is 5.93. The maximum absolute atomic E-state index is 10.6. The molecule has 13 heavy (non-hydrogen) atoms. The summed E-state index contributed by atoms with van der Waals surface area (Å²) in [7, 11) is 1.76. The van der Waals surface area contributed by atoms with Crippen molar-refractivity contribution < 1.29 is 9.90 Å². The van der Waals surface area contributed by atoms with Gasteiger partial charge in [-0.15, -0.1) is 5.10 Å². The Morgan fingerprint density at radius 2 is 2.31 bits per heavy atom. The Kier molecular flexibility index (Phi) is 2.36. The van der Waals surface area contributed by atoms with Crippen molar-refractivity contribution in [2.75, 3.05) is 0 Å². The van der Waals surface area contributed by atoms with Gasteiger partial charge in [0.1, 0.15) is 0 Å². The van der Waals surface area contributed by atoms with Crippen LogP contribution in [0.15, 0.2) is 6.20 Å². The quantitative estimate of drug-likeness (QED) is 0.743. The fourth-order valence-corrected chi connectivity index (χ4v) is 1.37. The van der Waals surface area contributed by atoms with Gasteiger partial charge in [0.2, 0.25) is 0 Å². The molecule has 0 aliphatic carbocycles. The van der Waals surface area contributed by atoms with Crippen LogP contribution in [0.1, 0.15) is 26.0 Å². The molecule has 0 unspecified atom stereocenters. The van der Waals surface area contributed by atoms with E-state index < -0.39 is 11.4 Å². The lowest BCUT2D eigenvalue weighted by Gasteiger charge is -2.21. The summed E-state index contributed by atoms with van der Waals surface area (Å²) >= 11 is 0. The second kappa shape index (κ2) is 3.16. The Labute approximate surface area is 76.4 Å². The smallest absolute Gasteiger partial charge is 0.304 e. The third kappa shape index (κ3) is 2.05. The molecule has 0 fully saturated rings. The van der Waals surface area contributed by atoms with Gasteiger partial charge in [-0.2, -0.15) is 0 Å². The average Bonchev–Trinajstić information content (AvgIpc) is 2.32. The molecule has 5 heteroatoms. The molecule has 0 amide bonds. The zero-order valence-corrected chi connectivity index (χ0v) is 7.98. The molecule has 1 aromatic rings. The summed E-state index contributed by atoms with van der Waals surface area (Å²) in [5.74, 6) is -0.814. The average molecular weight is 183 g/mol. The lowest BCUT2D eigenvalue weighted by molar-refractivity contribution is -0.138. The van der Waals surface area contributed by atoms with Crippen LogP contribution in [0.5, 0.6) is 0 Å². The van der Waals surface area contributed by atoms with Crippen LogP contribution in [0.4, 0.5) is 0 Å². The van der Waals surface area contributed by atoms with E-state index in [1.807, 2.05) is 13.8 Å². The van der Waals surface area contributed by atoms with E-state index in [1.54, 1.807) is 17.9 Å². The van der Waals surface area contributed by atoms with E-state index in [0.717, 1.165) is 5.69 Å². The number of carboxylic acids is 1. The molecule has 1 aromatic heterocycles. The molecule has 0 atom stereocenters. The van der Waals surface area contributed by atoms with Crippen LogP contribution in [0.2, 0.25) is 0 Å². The van der Waals surface area contributed by atoms with Crippen molar-refractivity contribution in [3.63, 3.8) is 0 Å². The topological polar surface area (TPSA) is 68.0 Å². The van der Waals surface area contributed by atoms with Gasteiger partial charge in [-0.1, -0.05) is 19.1 Å². The Morgan fingerprint density at radius 3 is 2.69 bits per heavy atom. The minimum absolute atomic E-state index is 0.0776. The van der Waals surface area contributed by atoms with Crippen LogP contribution < -0.4 is 0 Å². The maximum Gasteiger partial charge on any atom is 0.304 e. The Balaban J connectivity index is 2.93. The van der Waals surface area contributed by atoms with Gasteiger partial charge in [0, 0.05) is 12.5 Å². The first-order valence-corrected chi connectivity index (χ1v) is 4.00. The van der Waals surface area contributed by atoms with Crippen molar-refractivity contribution in [3.8, 4) is 0 Å². The van der Waals surface area contributed by atoms with Crippen LogP contribution in [0.25, 0.3) is 0 Å². The fourth-order valence-electron chi connectivity index (χ4n) is 1.37. The highest BCUT2D eigenvalue weighted by Crippen LogP contribution is 2.25. The van der Waals surface area contributed by atoms with E-state index in [0.29, 0.717) is 0 Å². The summed E-state index contributed by atoms with van der Waals surface area (Å²) < 4.78 is 1.60. The Hall–Kier alpha value is -1.39. The summed E-state index contributed by atoms with van der Waals surface area (Å²) in [6.45, 7) is 3.72. The second-order valence-electron chi connectivity index (χ2n) is 3.70. The minimum atomic E-state index is -0.814. The normalized spacial score (nSPS) is 11.6. The molecule has 1 heterocycles. The SMILES string of the molecule is Cn1nncc1C(C)(C)CC(=O)O. The number of aliphatic carboxylic acids is 1. The number of aromatic nitrogens is 3. The summed E-state index contributed by atoms with van der Waals surface area (Å²) in [6.07, 6.45) is 1.68. The van der Waals surface area contributed by atoms with Gasteiger partial charge in [0.25, 0.3) is 0 Å². The molecule has 0 spiro atoms. The van der Waals surface area contributed by atoms with Crippen LogP contribution in [0, 0.1) is 0 Å². The molecule has 1 N–H and O–H groups in total. The van der Waals surface area contributed by atoms with E-state index in [9.17, 15) is 4.79 Å². The number of nitrogens with zero attached hydrogens (tertiary/aromatic N) is 3. The molecule has 5 nitrogen and oxygen atoms in total. The molecule has 0 aliphatic rings. The molecule has 0 aromatic carbocycles. The number of rotatable bonds is 3. The lowest BCUT2D eigenvalue weighted by atomic mass is 9.86. The van der Waals surface area contributed by atoms with Crippen LogP contribution >= 0.6 is 0 Å². The van der Waals surface area contributed by atoms with Crippen LogP contribution in [0.3, 0.4) is 0 Å². The number of aryl methyl sites for hydroxylation is 1. The van der Waals surface area contributed by atoms with Crippen LogP contribution in [-0.4, -0.2) is 26.1 Å². The summed E-state index contributed by atoms with van der Waals surface area (Å²) in [5.41, 5.74) is 0.402. The van der Waals surface area contributed by atoms with Gasteiger partial charge in [0.05, 0.1) is 18.3 Å². The third-order valence-electron chi connectivity index (χ3n) is 2.00. The molecule has 0 aliphatic heterocycles. The molecule has 0 bridgehead atoms. The van der Waals surface area contributed by atoms with Crippen molar-refractivity contribution >= 4 is 5.97 Å². The van der Waals surface area contributed by atoms with E-state index >= 15 is 0 Å². The number of hydrogen-bond acceptors (Lipinski definition) is 3. The highest BCUT2D eigenvalue weighted by molar-refractivity contribution is 5.68. The number of hydrogen-bond donors (Lipinski definition) is 1. The highest BCUT2D eigenvalue weighted by Gasteiger charge is 2.27. The Bertz CT molecular complexity index is 317. The van der Waals surface area contributed by atoms with Crippen molar-refractivity contribution in [3.05, 3.63) is 11.9 Å². The predicted octanol–water partition coefficient (Wildman–Crippen LogP) is 0.567. The first kappa shape index (κ1) is 9.70. The zero-order valence-electron chi connectivity index (χ0n) is 7.98. The van der Waals surface area contributed by atoms with Gasteiger partial charge >= 0.3 is 5.97 Å². The van der Waals surface area contributed by atoms with Crippen molar-refractivity contribution in [1.82, 2.24) is 15.0 Å². The van der Waals surface area contributed by atoms with E-state index in [1.165, 1.54) is 0 Å². The van der Waals surface area contributed by atoms with E-state index in [-0.39, 0.29) is 6.42 Å². The van der Waals surface area contributed by atoms with E-state index in [4.69, 9.17) is 5.11 Å². The third-order valence-corrected chi connectivity index (χ3v) is 2.00. The first-order valence-electron chi connectivity index (χ1n) is 4.00. The van der Waals surface area contributed by atoms with Gasteiger partial charge in [-0.25, -0.2) is 0 Å². The molecule has 1 rings (SSSR count). The minimum Gasteiger partial charge on any atom is -0.481 e. The Morgan fingerprint density at radius 1 is 1.69 bits per heavy atom. The molecule has 0 saturated heterocycles. The van der Waals surface area contributed by atoms with Gasteiger partial charge in [0.15, 0.2) is 0 Å². The second-order valence-corrected chi connectivity index (χ2v) is 3.70. The maximum atomic E-state index is 10.6. The van der Waals surface area contributed by atoms with Gasteiger partial charge < -0.3 is 5.11 Å². The molecule has 72 valence electrons. The lowest BCUT2D eigenvalue weighted by Crippen LogP contribution is -2.24. The highest BCUT2D eigenvalue weighted by atomic mass is 16.4. The van der Waals surface area contributed by atoms with Crippen molar-refractivity contribution in [2.45, 2.75) is 25.7 Å². The monoisotopic (exact) mass is 183 g/mol. The van der Waals surface area contributed by atoms with Crippen LogP contribution in [-0.2, 0) is 17.3 Å². The number of carboxylic acid groups (broad SMARTS) is 1. The number of carbonyl (C=O) groups is 1. The van der Waals surface area contributed by atoms with E-state index in [2.05, 4.69) is 10.3 Å². The summed E-state index contributed by atoms with van der Waals surface area (Å²) in [4.78, 5) is 10.6. The van der Waals surface area contributed by atoms with Crippen molar-refractivity contribution in [2.24, 2.45) is 7.05 Å². The summed E-state index contributed by atoms with van der Waals surface area (Å²) in [6, 6.07) is 0. The molecule has 0 radical (unpaired) electrons. The molecular formula is C8H13N3O2. The molecule has 0 saturated carbocycles. The zero-order chi connectivity index (χ0) is 10.1.